The van der Waals surface area contributed by atoms with Crippen LogP contribution in [0.1, 0.15) is 49.4 Å². The maximum Gasteiger partial charge on any atom is 0.159 e. The van der Waals surface area contributed by atoms with Gasteiger partial charge in [-0.15, -0.1) is 0 Å². The Morgan fingerprint density at radius 2 is 1.96 bits per heavy atom. The Bertz CT molecular complexity index is 736. The van der Waals surface area contributed by atoms with Crippen LogP contribution in [0.15, 0.2) is 24.3 Å². The molecule has 0 aliphatic carbocycles. The van der Waals surface area contributed by atoms with Crippen molar-refractivity contribution < 1.29 is 13.5 Å². The zero-order valence-electron chi connectivity index (χ0n) is 14.0. The van der Waals surface area contributed by atoms with Crippen molar-refractivity contribution >= 4 is 5.82 Å². The van der Waals surface area contributed by atoms with Gasteiger partial charge in [-0.1, -0.05) is 19.9 Å². The van der Waals surface area contributed by atoms with E-state index in [0.29, 0.717) is 12.2 Å². The van der Waals surface area contributed by atoms with Gasteiger partial charge in [-0.3, -0.25) is 0 Å². The van der Waals surface area contributed by atoms with E-state index in [-0.39, 0.29) is 18.1 Å². The van der Waals surface area contributed by atoms with Crippen molar-refractivity contribution in [2.45, 2.75) is 45.3 Å². The summed E-state index contributed by atoms with van der Waals surface area (Å²) < 4.78 is 32.4. The van der Waals surface area contributed by atoms with Crippen molar-refractivity contribution in [2.75, 3.05) is 11.9 Å². The standard InChI is InChI=1S/C18H21F2N3O/c1-10(2)18-21-11(3)8-16(23-18)22-15-6-7-24-17(15)12-4-5-13(19)14(20)9-12/h4-5,8-10,15,17H,6-7H2,1-3H3,(H,21,22,23). The molecule has 0 bridgehead atoms. The average Bonchev–Trinajstić information content (AvgIpc) is 2.97. The predicted molar refractivity (Wildman–Crippen MR) is 87.9 cm³/mol. The van der Waals surface area contributed by atoms with E-state index in [1.54, 1.807) is 6.07 Å². The van der Waals surface area contributed by atoms with Crippen LogP contribution in [-0.2, 0) is 4.74 Å². The maximum absolute atomic E-state index is 13.5. The fraction of sp³-hybridized carbons (Fsp3) is 0.444. The van der Waals surface area contributed by atoms with Crippen LogP contribution in [0.4, 0.5) is 14.6 Å². The summed E-state index contributed by atoms with van der Waals surface area (Å²) in [4.78, 5) is 8.98. The van der Waals surface area contributed by atoms with Gasteiger partial charge in [0.15, 0.2) is 11.6 Å². The molecule has 6 heteroatoms. The van der Waals surface area contributed by atoms with Crippen LogP contribution in [0.3, 0.4) is 0 Å². The van der Waals surface area contributed by atoms with Crippen LogP contribution < -0.4 is 5.32 Å². The fourth-order valence-electron chi connectivity index (χ4n) is 2.87. The molecule has 1 saturated heterocycles. The van der Waals surface area contributed by atoms with Gasteiger partial charge in [0.25, 0.3) is 0 Å². The highest BCUT2D eigenvalue weighted by atomic mass is 19.2. The maximum atomic E-state index is 13.5. The van der Waals surface area contributed by atoms with Gasteiger partial charge in [0.1, 0.15) is 17.7 Å². The molecule has 4 nitrogen and oxygen atoms in total. The minimum Gasteiger partial charge on any atom is -0.371 e. The smallest absolute Gasteiger partial charge is 0.159 e. The Labute approximate surface area is 140 Å². The zero-order chi connectivity index (χ0) is 17.3. The van der Waals surface area contributed by atoms with Gasteiger partial charge >= 0.3 is 0 Å². The van der Waals surface area contributed by atoms with E-state index in [4.69, 9.17) is 4.74 Å². The summed E-state index contributed by atoms with van der Waals surface area (Å²) in [5.41, 5.74) is 1.51. The van der Waals surface area contributed by atoms with E-state index in [2.05, 4.69) is 15.3 Å². The molecule has 1 aliphatic heterocycles. The molecule has 24 heavy (non-hydrogen) atoms. The first-order valence-corrected chi connectivity index (χ1v) is 8.12. The Morgan fingerprint density at radius 3 is 2.67 bits per heavy atom. The van der Waals surface area contributed by atoms with Crippen LogP contribution in [0, 0.1) is 18.6 Å². The highest BCUT2D eigenvalue weighted by molar-refractivity contribution is 5.39. The summed E-state index contributed by atoms with van der Waals surface area (Å²) in [6.45, 7) is 6.57. The molecule has 2 aromatic rings. The fourth-order valence-corrected chi connectivity index (χ4v) is 2.87. The van der Waals surface area contributed by atoms with Gasteiger partial charge in [-0.05, 0) is 31.0 Å². The van der Waals surface area contributed by atoms with Gasteiger partial charge in [-0.2, -0.15) is 0 Å². The minimum absolute atomic E-state index is 0.0517. The summed E-state index contributed by atoms with van der Waals surface area (Å²) in [7, 11) is 0. The summed E-state index contributed by atoms with van der Waals surface area (Å²) >= 11 is 0. The van der Waals surface area contributed by atoms with E-state index in [0.717, 1.165) is 29.8 Å². The van der Waals surface area contributed by atoms with Crippen molar-refractivity contribution in [3.63, 3.8) is 0 Å². The predicted octanol–water partition coefficient (Wildman–Crippen LogP) is 4.13. The van der Waals surface area contributed by atoms with Gasteiger partial charge in [-0.25, -0.2) is 18.7 Å². The lowest BCUT2D eigenvalue weighted by molar-refractivity contribution is 0.107. The monoisotopic (exact) mass is 333 g/mol. The second kappa shape index (κ2) is 6.81. The van der Waals surface area contributed by atoms with Crippen molar-refractivity contribution in [3.05, 3.63) is 53.0 Å². The second-order valence-electron chi connectivity index (χ2n) is 6.41. The number of aromatic nitrogens is 2. The van der Waals surface area contributed by atoms with Crippen molar-refractivity contribution in [1.82, 2.24) is 9.97 Å². The number of hydrogen-bond acceptors (Lipinski definition) is 4. The lowest BCUT2D eigenvalue weighted by Gasteiger charge is -2.21. The Hall–Kier alpha value is -2.08. The van der Waals surface area contributed by atoms with Crippen LogP contribution in [0.5, 0.6) is 0 Å². The molecule has 2 atom stereocenters. The molecule has 2 heterocycles. The summed E-state index contributed by atoms with van der Waals surface area (Å²) in [5, 5.41) is 3.37. The molecule has 3 rings (SSSR count). The molecule has 0 amide bonds. The molecule has 2 unspecified atom stereocenters. The summed E-state index contributed by atoms with van der Waals surface area (Å²) in [5.74, 6) is 0.0262. The molecule has 128 valence electrons. The number of anilines is 1. The van der Waals surface area contributed by atoms with E-state index in [1.165, 1.54) is 6.07 Å². The van der Waals surface area contributed by atoms with E-state index in [1.807, 2.05) is 26.8 Å². The molecule has 1 aliphatic rings. The molecule has 1 N–H and O–H groups in total. The topological polar surface area (TPSA) is 47.0 Å². The lowest BCUT2D eigenvalue weighted by Crippen LogP contribution is -2.24. The number of nitrogens with zero attached hydrogens (tertiary/aromatic N) is 2. The molecule has 1 fully saturated rings. The molecule has 0 radical (unpaired) electrons. The first kappa shape index (κ1) is 16.8. The molecular formula is C18H21F2N3O. The average molecular weight is 333 g/mol. The minimum atomic E-state index is -0.860. The third-order valence-corrected chi connectivity index (χ3v) is 4.09. The van der Waals surface area contributed by atoms with Crippen LogP contribution in [0.2, 0.25) is 0 Å². The van der Waals surface area contributed by atoms with Crippen LogP contribution >= 0.6 is 0 Å². The first-order chi connectivity index (χ1) is 11.4. The van der Waals surface area contributed by atoms with Crippen LogP contribution in [-0.4, -0.2) is 22.6 Å². The number of halogens is 2. The molecule has 0 spiro atoms. The summed E-state index contributed by atoms with van der Waals surface area (Å²) in [6.07, 6.45) is 0.432. The normalized spacial score (nSPS) is 20.6. The number of hydrogen-bond donors (Lipinski definition) is 1. The highest BCUT2D eigenvalue weighted by Gasteiger charge is 2.30. The third kappa shape index (κ3) is 3.53. The summed E-state index contributed by atoms with van der Waals surface area (Å²) in [6, 6.07) is 5.73. The molecule has 1 aromatic carbocycles. The van der Waals surface area contributed by atoms with E-state index >= 15 is 0 Å². The van der Waals surface area contributed by atoms with Gasteiger partial charge in [0, 0.05) is 24.3 Å². The largest absolute Gasteiger partial charge is 0.371 e. The zero-order valence-corrected chi connectivity index (χ0v) is 14.0. The van der Waals surface area contributed by atoms with E-state index < -0.39 is 11.6 Å². The highest BCUT2D eigenvalue weighted by Crippen LogP contribution is 2.32. The Kier molecular flexibility index (Phi) is 4.76. The van der Waals surface area contributed by atoms with Gasteiger partial charge in [0.2, 0.25) is 0 Å². The Balaban J connectivity index is 1.82. The number of ether oxygens (including phenoxy) is 1. The quantitative estimate of drug-likeness (QED) is 0.914. The number of nitrogens with one attached hydrogen (secondary N) is 1. The molecular weight excluding hydrogens is 312 g/mol. The number of rotatable bonds is 4. The van der Waals surface area contributed by atoms with Crippen molar-refractivity contribution in [1.29, 1.82) is 0 Å². The third-order valence-electron chi connectivity index (χ3n) is 4.09. The second-order valence-corrected chi connectivity index (χ2v) is 6.41. The number of benzene rings is 1. The number of aryl methyl sites for hydroxylation is 1. The lowest BCUT2D eigenvalue weighted by atomic mass is 10.0. The molecule has 0 saturated carbocycles. The van der Waals surface area contributed by atoms with Gasteiger partial charge in [0.05, 0.1) is 6.04 Å². The van der Waals surface area contributed by atoms with Crippen LogP contribution in [0.25, 0.3) is 0 Å². The van der Waals surface area contributed by atoms with Crippen molar-refractivity contribution in [3.8, 4) is 0 Å². The first-order valence-electron chi connectivity index (χ1n) is 8.12. The Morgan fingerprint density at radius 1 is 1.17 bits per heavy atom. The van der Waals surface area contributed by atoms with Gasteiger partial charge < -0.3 is 10.1 Å². The van der Waals surface area contributed by atoms with Crippen molar-refractivity contribution in [2.24, 2.45) is 0 Å². The van der Waals surface area contributed by atoms with E-state index in [9.17, 15) is 8.78 Å². The molecule has 1 aromatic heterocycles. The SMILES string of the molecule is Cc1cc(NC2CCOC2c2ccc(F)c(F)c2)nc(C(C)C)n1.